The van der Waals surface area contributed by atoms with Crippen molar-refractivity contribution >= 4 is 28.1 Å². The first-order valence-corrected chi connectivity index (χ1v) is 18.8. The molecule has 6 aromatic rings. The summed E-state index contributed by atoms with van der Waals surface area (Å²) < 4.78 is 2.44. The molecule has 50 heavy (non-hydrogen) atoms. The highest BCUT2D eigenvalue weighted by atomic mass is 15.0. The number of fused-ring (bicyclic) bond motifs is 9. The highest BCUT2D eigenvalue weighted by molar-refractivity contribution is 5.97. The average Bonchev–Trinajstić information content (AvgIpc) is 3.76. The summed E-state index contributed by atoms with van der Waals surface area (Å²) >= 11 is 0. The van der Waals surface area contributed by atoms with Crippen LogP contribution in [0.1, 0.15) is 91.8 Å². The molecule has 1 spiro atoms. The summed E-state index contributed by atoms with van der Waals surface area (Å²) in [7, 11) is 0. The monoisotopic (exact) mass is 645 g/mol. The number of rotatable bonds is 4. The lowest BCUT2D eigenvalue weighted by Crippen LogP contribution is -2.30. The van der Waals surface area contributed by atoms with E-state index >= 15 is 0 Å². The number of nitrogens with zero attached hydrogens (tertiary/aromatic N) is 1. The van der Waals surface area contributed by atoms with E-state index < -0.39 is 0 Å². The number of allylic oxidation sites excluding steroid dienone is 5. The topological polar surface area (TPSA) is 4.93 Å². The second kappa shape index (κ2) is 11.5. The van der Waals surface area contributed by atoms with Crippen molar-refractivity contribution < 1.29 is 0 Å². The van der Waals surface area contributed by atoms with Crippen LogP contribution in [0.2, 0.25) is 0 Å². The summed E-state index contributed by atoms with van der Waals surface area (Å²) in [4.78, 5) is 0. The Morgan fingerprint density at radius 1 is 0.560 bits per heavy atom. The molecule has 0 amide bonds. The third-order valence-electron chi connectivity index (χ3n) is 12.4. The Labute approximate surface area is 296 Å². The largest absolute Gasteiger partial charge is 0.310 e. The van der Waals surface area contributed by atoms with E-state index in [9.17, 15) is 0 Å². The fourth-order valence-electron chi connectivity index (χ4n) is 10.3. The Kier molecular flexibility index (Phi) is 6.82. The van der Waals surface area contributed by atoms with Gasteiger partial charge in [-0.15, -0.1) is 0 Å². The fraction of sp³-hybridized carbons (Fsp3) is 0.224. The van der Waals surface area contributed by atoms with Crippen LogP contribution >= 0.6 is 0 Å². The minimum Gasteiger partial charge on any atom is -0.310 e. The molecule has 0 saturated carbocycles. The second-order valence-electron chi connectivity index (χ2n) is 14.9. The highest BCUT2D eigenvalue weighted by Gasteiger charge is 2.54. The molecule has 10 rings (SSSR count). The molecular weight excluding hydrogens is 603 g/mol. The number of hydrogen-bond donors (Lipinski definition) is 0. The lowest BCUT2D eigenvalue weighted by Gasteiger charge is -2.37. The van der Waals surface area contributed by atoms with E-state index in [0.29, 0.717) is 0 Å². The number of benzene rings is 5. The van der Waals surface area contributed by atoms with E-state index in [4.69, 9.17) is 0 Å². The molecule has 1 heterocycles. The minimum atomic E-state index is -0.0677. The second-order valence-corrected chi connectivity index (χ2v) is 14.9. The van der Waals surface area contributed by atoms with Crippen LogP contribution in [0, 0.1) is 6.92 Å². The molecule has 0 saturated heterocycles. The minimum absolute atomic E-state index is 0.0677. The van der Waals surface area contributed by atoms with Crippen LogP contribution in [0.5, 0.6) is 0 Å². The number of aryl methyl sites for hydroxylation is 1. The van der Waals surface area contributed by atoms with Crippen LogP contribution in [-0.2, 0) is 5.41 Å². The molecular formula is C49H43N. The van der Waals surface area contributed by atoms with Crippen LogP contribution in [-0.4, -0.2) is 4.57 Å². The van der Waals surface area contributed by atoms with E-state index in [0.717, 1.165) is 0 Å². The molecule has 1 atom stereocenters. The van der Waals surface area contributed by atoms with Crippen molar-refractivity contribution in [1.29, 1.82) is 0 Å². The maximum absolute atomic E-state index is 2.61. The Morgan fingerprint density at radius 2 is 1.16 bits per heavy atom. The molecule has 0 bridgehead atoms. The zero-order valence-corrected chi connectivity index (χ0v) is 29.2. The standard InChI is InChI=1S/C49H43N/c1-3-13-47-32(2)42-30-35(25-29-48(42)50(47)37-26-22-34(23-27-37)33-14-5-4-6-15-33)36-24-28-41-40-18-9-12-21-45(40)49(46(41)31-36)43-19-10-7-16-38(43)39-17-8-11-20-44(39)49/h3-7,10,13-16,19,22-31H,8-9,11-12,17-18,20-21H2,1-2H3/b13-3-. The van der Waals surface area contributed by atoms with Crippen LogP contribution in [0.15, 0.2) is 132 Å². The van der Waals surface area contributed by atoms with Crippen molar-refractivity contribution in [2.75, 3.05) is 0 Å². The van der Waals surface area contributed by atoms with Gasteiger partial charge in [0.2, 0.25) is 0 Å². The predicted octanol–water partition coefficient (Wildman–Crippen LogP) is 13.3. The van der Waals surface area contributed by atoms with E-state index in [-0.39, 0.29) is 5.41 Å². The molecule has 1 aromatic heterocycles. The molecule has 244 valence electrons. The van der Waals surface area contributed by atoms with E-state index in [1.807, 2.05) is 0 Å². The summed E-state index contributed by atoms with van der Waals surface area (Å²) in [6.45, 7) is 4.41. The SMILES string of the molecule is C/C=C\c1c(C)c2cc(-c3ccc4c(c3)C3(C5=C(CCCC5)c5ccccc53)C3=C4CCCC3)ccc2n1-c1ccc(-c2ccccc2)cc1. The number of aromatic nitrogens is 1. The molecule has 1 heteroatoms. The van der Waals surface area contributed by atoms with Gasteiger partial charge in [0, 0.05) is 16.8 Å². The number of hydrogen-bond acceptors (Lipinski definition) is 0. The Balaban J connectivity index is 1.13. The third-order valence-corrected chi connectivity index (χ3v) is 12.4. The van der Waals surface area contributed by atoms with Gasteiger partial charge in [0.25, 0.3) is 0 Å². The van der Waals surface area contributed by atoms with Gasteiger partial charge in [-0.25, -0.2) is 0 Å². The van der Waals surface area contributed by atoms with Gasteiger partial charge in [0.05, 0.1) is 10.9 Å². The third kappa shape index (κ3) is 4.13. The molecule has 0 aliphatic heterocycles. The van der Waals surface area contributed by atoms with Crippen molar-refractivity contribution in [3.05, 3.63) is 166 Å². The van der Waals surface area contributed by atoms with Gasteiger partial charge in [0.15, 0.2) is 0 Å². The Bertz CT molecular complexity index is 2420. The zero-order chi connectivity index (χ0) is 33.4. The van der Waals surface area contributed by atoms with Crippen LogP contribution in [0.4, 0.5) is 0 Å². The molecule has 5 aromatic carbocycles. The maximum atomic E-state index is 2.61. The van der Waals surface area contributed by atoms with Crippen LogP contribution < -0.4 is 0 Å². The summed E-state index contributed by atoms with van der Waals surface area (Å²) in [5.41, 5.74) is 23.0. The maximum Gasteiger partial charge on any atom is 0.0645 e. The molecule has 4 aliphatic rings. The summed E-state index contributed by atoms with van der Waals surface area (Å²) in [5, 5.41) is 1.32. The van der Waals surface area contributed by atoms with Crippen molar-refractivity contribution in [3.8, 4) is 27.9 Å². The molecule has 1 nitrogen and oxygen atoms in total. The molecule has 0 radical (unpaired) electrons. The van der Waals surface area contributed by atoms with Crippen molar-refractivity contribution in [3.63, 3.8) is 0 Å². The van der Waals surface area contributed by atoms with E-state index in [1.165, 1.54) is 113 Å². The van der Waals surface area contributed by atoms with Crippen molar-refractivity contribution in [2.24, 2.45) is 0 Å². The molecule has 1 unspecified atom stereocenters. The first kappa shape index (κ1) is 29.7. The van der Waals surface area contributed by atoms with Crippen molar-refractivity contribution in [2.45, 2.75) is 70.6 Å². The first-order valence-electron chi connectivity index (χ1n) is 18.8. The van der Waals surface area contributed by atoms with Gasteiger partial charge in [-0.05, 0) is 174 Å². The lowest BCUT2D eigenvalue weighted by molar-refractivity contribution is 0.591. The fourth-order valence-corrected chi connectivity index (χ4v) is 10.3. The van der Waals surface area contributed by atoms with Gasteiger partial charge < -0.3 is 4.57 Å². The normalized spacial score (nSPS) is 19.4. The Morgan fingerprint density at radius 3 is 1.90 bits per heavy atom. The van der Waals surface area contributed by atoms with Gasteiger partial charge in [-0.1, -0.05) is 91.0 Å². The quantitative estimate of drug-likeness (QED) is 0.180. The van der Waals surface area contributed by atoms with Gasteiger partial charge in [-0.3, -0.25) is 0 Å². The summed E-state index contributed by atoms with van der Waals surface area (Å²) in [6, 6.07) is 43.8. The Hall–Kier alpha value is -5.14. The van der Waals surface area contributed by atoms with E-state index in [2.05, 4.69) is 146 Å². The zero-order valence-electron chi connectivity index (χ0n) is 29.2. The lowest BCUT2D eigenvalue weighted by atomic mass is 9.65. The highest BCUT2D eigenvalue weighted by Crippen LogP contribution is 2.65. The van der Waals surface area contributed by atoms with Crippen LogP contribution in [0.3, 0.4) is 0 Å². The van der Waals surface area contributed by atoms with Crippen LogP contribution in [0.25, 0.3) is 56.1 Å². The first-order chi connectivity index (χ1) is 24.7. The van der Waals surface area contributed by atoms with Crippen molar-refractivity contribution in [1.82, 2.24) is 4.57 Å². The van der Waals surface area contributed by atoms with Gasteiger partial charge in [0.1, 0.15) is 0 Å². The summed E-state index contributed by atoms with van der Waals surface area (Å²) in [5.74, 6) is 0. The smallest absolute Gasteiger partial charge is 0.0645 e. The molecule has 0 N–H and O–H groups in total. The average molecular weight is 646 g/mol. The molecule has 0 fully saturated rings. The molecule has 4 aliphatic carbocycles. The predicted molar refractivity (Wildman–Crippen MR) is 212 cm³/mol. The summed E-state index contributed by atoms with van der Waals surface area (Å²) in [6.07, 6.45) is 14.6. The van der Waals surface area contributed by atoms with E-state index in [1.54, 1.807) is 33.4 Å². The van der Waals surface area contributed by atoms with Gasteiger partial charge >= 0.3 is 0 Å². The van der Waals surface area contributed by atoms with Gasteiger partial charge in [-0.2, -0.15) is 0 Å².